The van der Waals surface area contributed by atoms with Crippen molar-refractivity contribution in [3.63, 3.8) is 0 Å². The fourth-order valence-electron chi connectivity index (χ4n) is 8.91. The summed E-state index contributed by atoms with van der Waals surface area (Å²) in [7, 11) is 0. The van der Waals surface area contributed by atoms with Crippen LogP contribution in [0.15, 0.2) is 255 Å². The van der Waals surface area contributed by atoms with E-state index >= 15 is 0 Å². The van der Waals surface area contributed by atoms with Crippen LogP contribution in [0.25, 0.3) is 72.3 Å². The van der Waals surface area contributed by atoms with E-state index in [0.717, 1.165) is 11.5 Å². The van der Waals surface area contributed by atoms with Crippen LogP contribution in [0.5, 0.6) is 0 Å². The monoisotopic (exact) mass is 1040 g/mol. The van der Waals surface area contributed by atoms with Crippen molar-refractivity contribution in [3.8, 4) is 66.8 Å². The van der Waals surface area contributed by atoms with Gasteiger partial charge in [0.25, 0.3) is 0 Å². The van der Waals surface area contributed by atoms with Gasteiger partial charge in [-0.25, -0.2) is 0 Å². The van der Waals surface area contributed by atoms with Crippen molar-refractivity contribution < 1.29 is 0 Å². The lowest BCUT2D eigenvalue weighted by atomic mass is 9.88. The number of rotatable bonds is 9. The molecule has 10 aromatic rings. The van der Waals surface area contributed by atoms with Crippen LogP contribution in [0.1, 0.15) is 114 Å². The molecule has 0 N–H and O–H groups in total. The number of allylic oxidation sites excluding steroid dienone is 1. The van der Waals surface area contributed by atoms with E-state index in [1.54, 1.807) is 0 Å². The van der Waals surface area contributed by atoms with Crippen molar-refractivity contribution in [2.24, 2.45) is 5.92 Å². The molecule has 0 aliphatic rings. The molecule has 0 aliphatic carbocycles. The second-order valence-corrected chi connectivity index (χ2v) is 20.5. The van der Waals surface area contributed by atoms with Gasteiger partial charge in [0.2, 0.25) is 0 Å². The molecule has 0 radical (unpaired) electrons. The van der Waals surface area contributed by atoms with Gasteiger partial charge in [-0.05, 0) is 160 Å². The molecule has 0 saturated carbocycles. The third-order valence-corrected chi connectivity index (χ3v) is 14.0. The Balaban J connectivity index is 0.000000231. The van der Waals surface area contributed by atoms with Gasteiger partial charge in [-0.3, -0.25) is 0 Å². The van der Waals surface area contributed by atoms with Crippen LogP contribution in [0.2, 0.25) is 0 Å². The summed E-state index contributed by atoms with van der Waals surface area (Å²) in [5.41, 5.74) is 25.7. The van der Waals surface area contributed by atoms with Gasteiger partial charge in [-0.1, -0.05) is 323 Å². The maximum atomic E-state index is 4.12. The quantitative estimate of drug-likeness (QED) is 0.135. The van der Waals surface area contributed by atoms with E-state index in [4.69, 9.17) is 0 Å². The summed E-state index contributed by atoms with van der Waals surface area (Å²) < 4.78 is 0. The topological polar surface area (TPSA) is 0 Å². The summed E-state index contributed by atoms with van der Waals surface area (Å²) in [6, 6.07) is 87.8. The van der Waals surface area contributed by atoms with E-state index in [-0.39, 0.29) is 7.43 Å². The molecular formula is C79H90. The number of hydrogen-bond acceptors (Lipinski definition) is 0. The van der Waals surface area contributed by atoms with Crippen LogP contribution in [0.3, 0.4) is 0 Å². The van der Waals surface area contributed by atoms with Gasteiger partial charge in [0.05, 0.1) is 0 Å². The Labute approximate surface area is 479 Å². The molecule has 0 nitrogen and oxygen atoms in total. The first-order valence-electron chi connectivity index (χ1n) is 28.2. The lowest BCUT2D eigenvalue weighted by Crippen LogP contribution is -1.94. The number of aryl methyl sites for hydroxylation is 3. The summed E-state index contributed by atoms with van der Waals surface area (Å²) in [6.07, 6.45) is 1.31. The molecule has 10 aromatic carbocycles. The molecule has 0 saturated heterocycles. The van der Waals surface area contributed by atoms with Crippen molar-refractivity contribution in [2.45, 2.75) is 110 Å². The highest BCUT2D eigenvalue weighted by atomic mass is 14.2. The summed E-state index contributed by atoms with van der Waals surface area (Å²) >= 11 is 0. The third-order valence-electron chi connectivity index (χ3n) is 14.0. The SMILES string of the molecule is C.C=C(C)c1ccccc1-c1ccc(-c2cccc(-c3ccccc3)c2)cc1.CC.CC(C)c1ccccc1.CCC(C)C.Cc1cccc(-c2ccccc2)c1.Cc1ccccc1-c1ccc(-c2ccccc2C)c(C)c1C. The van der Waals surface area contributed by atoms with Crippen molar-refractivity contribution in [2.75, 3.05) is 0 Å². The minimum Gasteiger partial charge on any atom is -0.0955 e. The van der Waals surface area contributed by atoms with Gasteiger partial charge in [0.15, 0.2) is 0 Å². The highest BCUT2D eigenvalue weighted by molar-refractivity contribution is 5.82. The smallest absolute Gasteiger partial charge is 0.0109 e. The standard InChI is InChI=1S/C27H22.C22H22.C13H12.C9H12.C5H12.C2H6.CH4/c1-20(2)26-13-6-7-14-27(26)23-17-15-22(16-18-23)25-12-8-11-24(19-25)21-9-4-3-5-10-21;1-15-9-5-7-11-19(15)21-13-14-22(18(4)17(21)3)20-12-8-6-10-16(20)2;1-11-6-5-9-13(10-11)12-7-3-2-4-8-12;1-8(2)9-6-4-3-5-7-9;1-4-5(2)3;1-2;/h3-19H,1H2,2H3;5-14H,1-4H3;2-10H,1H3;3-8H,1-2H3;5H,4H2,1-3H3;1-2H3;1H4. The van der Waals surface area contributed by atoms with E-state index in [0.29, 0.717) is 5.92 Å². The zero-order chi connectivity index (χ0) is 56.4. The molecule has 0 fully saturated rings. The van der Waals surface area contributed by atoms with Crippen LogP contribution >= 0.6 is 0 Å². The van der Waals surface area contributed by atoms with Gasteiger partial charge < -0.3 is 0 Å². The molecule has 0 aromatic heterocycles. The first kappa shape index (κ1) is 63.5. The Kier molecular flexibility index (Phi) is 26.7. The molecule has 0 atom stereocenters. The van der Waals surface area contributed by atoms with Gasteiger partial charge in [-0.15, -0.1) is 0 Å². The highest BCUT2D eigenvalue weighted by Crippen LogP contribution is 2.36. The minimum atomic E-state index is 0. The van der Waals surface area contributed by atoms with Crippen molar-refractivity contribution >= 4 is 5.57 Å². The summed E-state index contributed by atoms with van der Waals surface area (Å²) in [4.78, 5) is 0. The average molecular weight is 1040 g/mol. The summed E-state index contributed by atoms with van der Waals surface area (Å²) in [5, 5.41) is 0. The molecule has 0 heteroatoms. The predicted octanol–water partition coefficient (Wildman–Crippen LogP) is 24.2. The lowest BCUT2D eigenvalue weighted by molar-refractivity contribution is 0.626. The van der Waals surface area contributed by atoms with Crippen molar-refractivity contribution in [1.82, 2.24) is 0 Å². The summed E-state index contributed by atoms with van der Waals surface area (Å²) in [6.45, 7) is 32.2. The Hall–Kier alpha value is -8.06. The molecule has 406 valence electrons. The maximum absolute atomic E-state index is 4.12. The van der Waals surface area contributed by atoms with Crippen LogP contribution < -0.4 is 0 Å². The van der Waals surface area contributed by atoms with Crippen LogP contribution in [0, 0.1) is 40.5 Å². The molecule has 0 heterocycles. The first-order chi connectivity index (χ1) is 37.7. The van der Waals surface area contributed by atoms with Crippen molar-refractivity contribution in [3.05, 3.63) is 294 Å². The van der Waals surface area contributed by atoms with Crippen LogP contribution in [0.4, 0.5) is 0 Å². The highest BCUT2D eigenvalue weighted by Gasteiger charge is 2.12. The largest absolute Gasteiger partial charge is 0.0955 e. The molecular weight excluding hydrogens is 949 g/mol. The molecule has 79 heavy (non-hydrogen) atoms. The molecule has 0 amide bonds. The second-order valence-electron chi connectivity index (χ2n) is 20.5. The maximum Gasteiger partial charge on any atom is -0.0109 e. The molecule has 0 bridgehead atoms. The summed E-state index contributed by atoms with van der Waals surface area (Å²) in [5.74, 6) is 1.54. The van der Waals surface area contributed by atoms with Gasteiger partial charge in [0, 0.05) is 0 Å². The fourth-order valence-corrected chi connectivity index (χ4v) is 8.91. The predicted molar refractivity (Wildman–Crippen MR) is 354 cm³/mol. The van der Waals surface area contributed by atoms with Gasteiger partial charge in [0.1, 0.15) is 0 Å². The average Bonchev–Trinajstić information content (AvgIpc) is 3.51. The first-order valence-corrected chi connectivity index (χ1v) is 28.2. The second kappa shape index (κ2) is 33.3. The van der Waals surface area contributed by atoms with E-state index in [9.17, 15) is 0 Å². The van der Waals surface area contributed by atoms with Crippen LogP contribution in [-0.2, 0) is 0 Å². The molecule has 0 aliphatic heterocycles. The molecule has 0 spiro atoms. The van der Waals surface area contributed by atoms with E-state index < -0.39 is 0 Å². The van der Waals surface area contributed by atoms with Gasteiger partial charge in [-0.2, -0.15) is 0 Å². The Morgan fingerprint density at radius 1 is 0.354 bits per heavy atom. The zero-order valence-corrected chi connectivity index (χ0v) is 49.2. The number of benzene rings is 10. The number of hydrogen-bond donors (Lipinski definition) is 0. The fraction of sp³-hybridized carbons (Fsp3) is 0.215. The lowest BCUT2D eigenvalue weighted by Gasteiger charge is -2.16. The normalized spacial score (nSPS) is 10.1. The Morgan fingerprint density at radius 3 is 1.09 bits per heavy atom. The zero-order valence-electron chi connectivity index (χ0n) is 49.2. The van der Waals surface area contributed by atoms with Gasteiger partial charge >= 0.3 is 0 Å². The van der Waals surface area contributed by atoms with Crippen molar-refractivity contribution in [1.29, 1.82) is 0 Å². The van der Waals surface area contributed by atoms with E-state index in [1.807, 2.05) is 26.0 Å². The third kappa shape index (κ3) is 19.1. The van der Waals surface area contributed by atoms with E-state index in [2.05, 4.69) is 319 Å². The van der Waals surface area contributed by atoms with E-state index in [1.165, 1.54) is 112 Å². The molecule has 10 rings (SSSR count). The Bertz CT molecular complexity index is 3260. The van der Waals surface area contributed by atoms with Crippen LogP contribution in [-0.4, -0.2) is 0 Å². The molecule has 0 unspecified atom stereocenters. The Morgan fingerprint density at radius 2 is 0.696 bits per heavy atom. The minimum absolute atomic E-state index is 0.